The number of aromatic amines is 1. The summed E-state index contributed by atoms with van der Waals surface area (Å²) >= 11 is 7.85. The second-order valence-electron chi connectivity index (χ2n) is 6.63. The fourth-order valence-corrected chi connectivity index (χ4v) is 4.69. The lowest BCUT2D eigenvalue weighted by molar-refractivity contribution is -0.122. The molecule has 1 aromatic heterocycles. The first-order chi connectivity index (χ1) is 13.5. The van der Waals surface area contributed by atoms with Crippen molar-refractivity contribution >= 4 is 40.0 Å². The van der Waals surface area contributed by atoms with Crippen LogP contribution in [0.2, 0.25) is 5.02 Å². The van der Waals surface area contributed by atoms with E-state index >= 15 is 0 Å². The average Bonchev–Trinajstić information content (AvgIpc) is 2.70. The van der Waals surface area contributed by atoms with Gasteiger partial charge in [0.25, 0.3) is 11.1 Å². The maximum Gasteiger partial charge on any atom is 0.273 e. The lowest BCUT2D eigenvalue weighted by Gasteiger charge is -2.26. The van der Waals surface area contributed by atoms with Crippen LogP contribution in [-0.2, 0) is 11.3 Å². The summed E-state index contributed by atoms with van der Waals surface area (Å²) in [7, 11) is 0. The minimum atomic E-state index is -0.344. The molecule has 8 heteroatoms. The molecule has 1 aliphatic rings. The third-order valence-corrected chi connectivity index (χ3v) is 6.15. The zero-order chi connectivity index (χ0) is 19.7. The second-order valence-corrected chi connectivity index (χ2v) is 8.21. The number of rotatable bonds is 4. The van der Waals surface area contributed by atoms with Gasteiger partial charge in [0.15, 0.2) is 0 Å². The molecule has 0 unspecified atom stereocenters. The standard InChI is InChI=1S/C20H18ClN3O3S/c21-12-5-6-17-15(11-12)16(8-10-28-17)22-18(25)7-9-24-20(27)14-4-2-1-3-13(14)19(26)23-24/h1-6,11,16H,7-10H2,(H,22,25)(H,23,26)/t16-/m0/s1. The molecule has 0 aliphatic carbocycles. The number of nitrogens with one attached hydrogen (secondary N) is 2. The third kappa shape index (κ3) is 3.72. The second kappa shape index (κ2) is 7.85. The fraction of sp³-hybridized carbons (Fsp3) is 0.250. The number of benzene rings is 2. The Kier molecular flexibility index (Phi) is 5.28. The molecule has 28 heavy (non-hydrogen) atoms. The van der Waals surface area contributed by atoms with Crippen molar-refractivity contribution < 1.29 is 4.79 Å². The highest BCUT2D eigenvalue weighted by Gasteiger charge is 2.22. The predicted octanol–water partition coefficient (Wildman–Crippen LogP) is 3.09. The van der Waals surface area contributed by atoms with Gasteiger partial charge in [0.2, 0.25) is 5.91 Å². The lowest BCUT2D eigenvalue weighted by Crippen LogP contribution is -2.34. The number of aromatic nitrogens is 2. The minimum Gasteiger partial charge on any atom is -0.349 e. The zero-order valence-electron chi connectivity index (χ0n) is 14.9. The number of hydrogen-bond donors (Lipinski definition) is 2. The molecule has 0 saturated heterocycles. The van der Waals surface area contributed by atoms with Gasteiger partial charge >= 0.3 is 0 Å². The minimum absolute atomic E-state index is 0.0910. The molecule has 1 amide bonds. The fourth-order valence-electron chi connectivity index (χ4n) is 3.40. The number of thioether (sulfide) groups is 1. The molecule has 4 rings (SSSR count). The molecule has 6 nitrogen and oxygen atoms in total. The number of fused-ring (bicyclic) bond motifs is 2. The predicted molar refractivity (Wildman–Crippen MR) is 111 cm³/mol. The van der Waals surface area contributed by atoms with Crippen molar-refractivity contribution in [2.24, 2.45) is 0 Å². The molecule has 2 N–H and O–H groups in total. The Hall–Kier alpha value is -2.51. The highest BCUT2D eigenvalue weighted by molar-refractivity contribution is 7.99. The number of carbonyl (C=O) groups is 1. The van der Waals surface area contributed by atoms with Crippen molar-refractivity contribution in [3.05, 3.63) is 73.8 Å². The summed E-state index contributed by atoms with van der Waals surface area (Å²) < 4.78 is 1.20. The summed E-state index contributed by atoms with van der Waals surface area (Å²) in [5, 5.41) is 6.91. The van der Waals surface area contributed by atoms with Gasteiger partial charge < -0.3 is 5.32 Å². The lowest BCUT2D eigenvalue weighted by atomic mass is 10.0. The van der Waals surface area contributed by atoms with Gasteiger partial charge in [-0.15, -0.1) is 11.8 Å². The molecule has 0 radical (unpaired) electrons. The molecule has 0 fully saturated rings. The van der Waals surface area contributed by atoms with Crippen LogP contribution in [0.1, 0.15) is 24.4 Å². The third-order valence-electron chi connectivity index (χ3n) is 4.79. The Morgan fingerprint density at radius 3 is 2.82 bits per heavy atom. The zero-order valence-corrected chi connectivity index (χ0v) is 16.5. The van der Waals surface area contributed by atoms with E-state index in [1.54, 1.807) is 36.0 Å². The summed E-state index contributed by atoms with van der Waals surface area (Å²) in [5.41, 5.74) is 0.367. The molecule has 144 valence electrons. The van der Waals surface area contributed by atoms with E-state index in [-0.39, 0.29) is 36.0 Å². The van der Waals surface area contributed by atoms with Crippen LogP contribution in [0.5, 0.6) is 0 Å². The number of nitrogens with zero attached hydrogens (tertiary/aromatic N) is 1. The quantitative estimate of drug-likeness (QED) is 0.685. The Bertz CT molecular complexity index is 1170. The molecule has 1 atom stereocenters. The first-order valence-electron chi connectivity index (χ1n) is 8.96. The van der Waals surface area contributed by atoms with Crippen molar-refractivity contribution in [1.29, 1.82) is 0 Å². The van der Waals surface area contributed by atoms with Crippen LogP contribution in [0.4, 0.5) is 0 Å². The van der Waals surface area contributed by atoms with Crippen molar-refractivity contribution in [3.8, 4) is 0 Å². The normalized spacial score (nSPS) is 16.0. The highest BCUT2D eigenvalue weighted by atomic mass is 35.5. The molecular formula is C20H18ClN3O3S. The van der Waals surface area contributed by atoms with Gasteiger partial charge in [0, 0.05) is 22.1 Å². The highest BCUT2D eigenvalue weighted by Crippen LogP contribution is 2.37. The summed E-state index contributed by atoms with van der Waals surface area (Å²) in [5.74, 6) is 0.737. The first kappa shape index (κ1) is 18.8. The number of carbonyl (C=O) groups excluding carboxylic acids is 1. The van der Waals surface area contributed by atoms with Crippen LogP contribution in [0.15, 0.2) is 56.9 Å². The van der Waals surface area contributed by atoms with E-state index < -0.39 is 0 Å². The van der Waals surface area contributed by atoms with Gasteiger partial charge in [-0.1, -0.05) is 23.7 Å². The van der Waals surface area contributed by atoms with E-state index in [4.69, 9.17) is 11.6 Å². The van der Waals surface area contributed by atoms with Gasteiger partial charge in [0.05, 0.1) is 23.4 Å². The van der Waals surface area contributed by atoms with Crippen LogP contribution in [-0.4, -0.2) is 21.4 Å². The van der Waals surface area contributed by atoms with Crippen molar-refractivity contribution in [2.45, 2.75) is 30.3 Å². The molecular weight excluding hydrogens is 398 g/mol. The summed E-state index contributed by atoms with van der Waals surface area (Å²) in [6, 6.07) is 12.2. The van der Waals surface area contributed by atoms with Gasteiger partial charge in [-0.05, 0) is 42.3 Å². The maximum atomic E-state index is 12.5. The van der Waals surface area contributed by atoms with Gasteiger partial charge in [0.1, 0.15) is 0 Å². The monoisotopic (exact) mass is 415 g/mol. The van der Waals surface area contributed by atoms with E-state index in [0.717, 1.165) is 22.6 Å². The Morgan fingerprint density at radius 1 is 1.21 bits per heavy atom. The van der Waals surface area contributed by atoms with Crippen LogP contribution in [0, 0.1) is 0 Å². The first-order valence-corrected chi connectivity index (χ1v) is 10.3. The summed E-state index contributed by atoms with van der Waals surface area (Å²) in [6.07, 6.45) is 0.907. The Morgan fingerprint density at radius 2 is 2.00 bits per heavy atom. The maximum absolute atomic E-state index is 12.5. The Labute approximate surface area is 169 Å². The van der Waals surface area contributed by atoms with Crippen LogP contribution < -0.4 is 16.4 Å². The van der Waals surface area contributed by atoms with Gasteiger partial charge in [-0.25, -0.2) is 4.68 Å². The molecule has 2 aromatic carbocycles. The summed E-state index contributed by atoms with van der Waals surface area (Å²) in [6.45, 7) is 0.106. The molecule has 0 saturated carbocycles. The van der Waals surface area contributed by atoms with Gasteiger partial charge in [-0.3, -0.25) is 19.5 Å². The molecule has 1 aliphatic heterocycles. The average molecular weight is 416 g/mol. The van der Waals surface area contributed by atoms with E-state index in [1.165, 1.54) is 4.68 Å². The van der Waals surface area contributed by atoms with Crippen molar-refractivity contribution in [2.75, 3.05) is 5.75 Å². The smallest absolute Gasteiger partial charge is 0.273 e. The van der Waals surface area contributed by atoms with E-state index in [2.05, 4.69) is 10.4 Å². The number of H-pyrrole nitrogens is 1. The SMILES string of the molecule is O=C(CCn1[nH]c(=O)c2ccccc2c1=O)N[C@H]1CCSc2ccc(Cl)cc21. The van der Waals surface area contributed by atoms with E-state index in [1.807, 2.05) is 18.2 Å². The molecule has 2 heterocycles. The van der Waals surface area contributed by atoms with Crippen molar-refractivity contribution in [3.63, 3.8) is 0 Å². The van der Waals surface area contributed by atoms with Crippen LogP contribution >= 0.6 is 23.4 Å². The van der Waals surface area contributed by atoms with E-state index in [0.29, 0.717) is 15.8 Å². The number of halogens is 1. The van der Waals surface area contributed by atoms with Crippen molar-refractivity contribution in [1.82, 2.24) is 15.1 Å². The molecule has 0 spiro atoms. The number of amides is 1. The summed E-state index contributed by atoms with van der Waals surface area (Å²) in [4.78, 5) is 38.3. The topological polar surface area (TPSA) is 84.0 Å². The Balaban J connectivity index is 1.49. The molecule has 3 aromatic rings. The van der Waals surface area contributed by atoms with Crippen LogP contribution in [0.3, 0.4) is 0 Å². The van der Waals surface area contributed by atoms with E-state index in [9.17, 15) is 14.4 Å². The largest absolute Gasteiger partial charge is 0.349 e. The number of hydrogen-bond acceptors (Lipinski definition) is 4. The molecule has 0 bridgehead atoms. The van der Waals surface area contributed by atoms with Gasteiger partial charge in [-0.2, -0.15) is 0 Å². The van der Waals surface area contributed by atoms with Crippen LogP contribution in [0.25, 0.3) is 10.8 Å². The number of aryl methyl sites for hydroxylation is 1.